The van der Waals surface area contributed by atoms with Crippen molar-refractivity contribution in [2.24, 2.45) is 5.73 Å². The molecule has 0 radical (unpaired) electrons. The Labute approximate surface area is 161 Å². The van der Waals surface area contributed by atoms with Crippen LogP contribution in [0.5, 0.6) is 5.75 Å². The van der Waals surface area contributed by atoms with Gasteiger partial charge in [0, 0.05) is 16.3 Å². The summed E-state index contributed by atoms with van der Waals surface area (Å²) in [6.07, 6.45) is 0.861. The van der Waals surface area contributed by atoms with Crippen LogP contribution < -0.4 is 16.0 Å². The first-order valence-electron chi connectivity index (χ1n) is 8.96. The number of aromatic nitrogens is 1. The summed E-state index contributed by atoms with van der Waals surface area (Å²) in [4.78, 5) is 15.6. The second kappa shape index (κ2) is 6.83. The number of hydrogen-bond acceptors (Lipinski definition) is 4. The first-order valence-corrected chi connectivity index (χ1v) is 9.84. The van der Waals surface area contributed by atoms with Crippen LogP contribution in [0.1, 0.15) is 16.7 Å². The molecule has 0 saturated carbocycles. The van der Waals surface area contributed by atoms with Crippen molar-refractivity contribution in [2.45, 2.75) is 20.3 Å². The number of methoxy groups -OCH3 is 1. The third-order valence-electron chi connectivity index (χ3n) is 5.13. The molecule has 0 aliphatic rings. The van der Waals surface area contributed by atoms with E-state index in [2.05, 4.69) is 30.1 Å². The van der Waals surface area contributed by atoms with E-state index in [1.165, 1.54) is 22.5 Å². The number of ether oxygens (including phenoxy) is 1. The van der Waals surface area contributed by atoms with Crippen molar-refractivity contribution < 1.29 is 4.74 Å². The average molecular weight is 378 g/mol. The number of aromatic amines is 1. The molecule has 2 aromatic heterocycles. The molecule has 0 unspecified atom stereocenters. The number of nitrogens with two attached hydrogens (primary N) is 1. The van der Waals surface area contributed by atoms with Crippen molar-refractivity contribution in [3.63, 3.8) is 0 Å². The van der Waals surface area contributed by atoms with E-state index in [9.17, 15) is 4.79 Å². The predicted molar refractivity (Wildman–Crippen MR) is 114 cm³/mol. The SMILES string of the molecule is COc1cc(C)c2[nH]c(=O)c3sccc3c2c1-c1ccc(CCN)c(C)c1. The number of pyridine rings is 1. The Balaban J connectivity index is 2.13. The second-order valence-electron chi connectivity index (χ2n) is 6.82. The standard InChI is InChI=1S/C22H22N2O2S/c1-12-10-15(5-4-14(12)6-8-23)18-17(26-3)11-13(2)20-19(18)16-7-9-27-21(16)22(25)24-20/h4-5,7,9-11H,6,8,23H2,1-3H3,(H,24,25). The van der Waals surface area contributed by atoms with Crippen LogP contribution in [0.4, 0.5) is 0 Å². The predicted octanol–water partition coefficient (Wildman–Crippen LogP) is 4.54. The van der Waals surface area contributed by atoms with Gasteiger partial charge in [-0.2, -0.15) is 0 Å². The molecule has 3 N–H and O–H groups in total. The summed E-state index contributed by atoms with van der Waals surface area (Å²) >= 11 is 1.47. The molecule has 0 fully saturated rings. The van der Waals surface area contributed by atoms with E-state index >= 15 is 0 Å². The van der Waals surface area contributed by atoms with Crippen LogP contribution in [0.25, 0.3) is 32.1 Å². The number of thiophene rings is 1. The van der Waals surface area contributed by atoms with Crippen molar-refractivity contribution in [1.82, 2.24) is 4.98 Å². The fourth-order valence-corrected chi connectivity index (χ4v) is 4.60. The van der Waals surface area contributed by atoms with E-state index in [0.717, 1.165) is 49.8 Å². The van der Waals surface area contributed by atoms with Crippen LogP contribution in [-0.2, 0) is 6.42 Å². The highest BCUT2D eigenvalue weighted by Gasteiger charge is 2.18. The Morgan fingerprint density at radius 2 is 1.96 bits per heavy atom. The number of benzene rings is 2. The van der Waals surface area contributed by atoms with Crippen molar-refractivity contribution >= 4 is 32.3 Å². The Kier molecular flexibility index (Phi) is 4.50. The normalized spacial score (nSPS) is 11.4. The van der Waals surface area contributed by atoms with Gasteiger partial charge in [0.25, 0.3) is 5.56 Å². The molecule has 0 bridgehead atoms. The molecule has 2 heterocycles. The maximum atomic E-state index is 12.5. The highest BCUT2D eigenvalue weighted by atomic mass is 32.1. The third kappa shape index (κ3) is 2.83. The van der Waals surface area contributed by atoms with Gasteiger partial charge in [0.1, 0.15) is 10.4 Å². The van der Waals surface area contributed by atoms with Crippen LogP contribution >= 0.6 is 11.3 Å². The summed E-state index contributed by atoms with van der Waals surface area (Å²) in [6.45, 7) is 4.74. The zero-order valence-electron chi connectivity index (χ0n) is 15.7. The second-order valence-corrected chi connectivity index (χ2v) is 7.73. The zero-order valence-corrected chi connectivity index (χ0v) is 16.5. The van der Waals surface area contributed by atoms with E-state index in [-0.39, 0.29) is 5.56 Å². The number of fused-ring (bicyclic) bond motifs is 3. The maximum Gasteiger partial charge on any atom is 0.266 e. The summed E-state index contributed by atoms with van der Waals surface area (Å²) in [6, 6.07) is 10.5. The smallest absolute Gasteiger partial charge is 0.266 e. The first-order chi connectivity index (χ1) is 13.0. The topological polar surface area (TPSA) is 68.1 Å². The molecule has 4 nitrogen and oxygen atoms in total. The van der Waals surface area contributed by atoms with E-state index in [0.29, 0.717) is 6.54 Å². The van der Waals surface area contributed by atoms with E-state index in [4.69, 9.17) is 10.5 Å². The lowest BCUT2D eigenvalue weighted by Gasteiger charge is -2.16. The number of aryl methyl sites for hydroxylation is 2. The number of rotatable bonds is 4. The van der Waals surface area contributed by atoms with Gasteiger partial charge in [-0.25, -0.2) is 0 Å². The molecule has 0 aliphatic heterocycles. The van der Waals surface area contributed by atoms with Crippen molar-refractivity contribution in [2.75, 3.05) is 13.7 Å². The lowest BCUT2D eigenvalue weighted by Crippen LogP contribution is -2.07. The summed E-state index contributed by atoms with van der Waals surface area (Å²) in [5.41, 5.74) is 12.1. The third-order valence-corrected chi connectivity index (χ3v) is 6.05. The molecule has 0 amide bonds. The van der Waals surface area contributed by atoms with Crippen LogP contribution in [0.15, 0.2) is 40.5 Å². The maximum absolute atomic E-state index is 12.5. The van der Waals surface area contributed by atoms with Crippen molar-refractivity contribution in [3.8, 4) is 16.9 Å². The van der Waals surface area contributed by atoms with Crippen LogP contribution in [0.3, 0.4) is 0 Å². The number of nitrogens with one attached hydrogen (secondary N) is 1. The monoisotopic (exact) mass is 378 g/mol. The summed E-state index contributed by atoms with van der Waals surface area (Å²) in [5.74, 6) is 0.811. The molecule has 5 heteroatoms. The molecule has 27 heavy (non-hydrogen) atoms. The van der Waals surface area contributed by atoms with Gasteiger partial charge in [0.2, 0.25) is 0 Å². The molecular formula is C22H22N2O2S. The van der Waals surface area contributed by atoms with E-state index < -0.39 is 0 Å². The van der Waals surface area contributed by atoms with Gasteiger partial charge in [-0.3, -0.25) is 4.79 Å². The Morgan fingerprint density at radius 3 is 2.67 bits per heavy atom. The first kappa shape index (κ1) is 17.8. The molecule has 0 aliphatic carbocycles. The number of H-pyrrole nitrogens is 1. The molecule has 0 spiro atoms. The van der Waals surface area contributed by atoms with E-state index in [1.807, 2.05) is 24.4 Å². The molecule has 138 valence electrons. The van der Waals surface area contributed by atoms with E-state index in [1.54, 1.807) is 7.11 Å². The minimum Gasteiger partial charge on any atom is -0.496 e. The molecular weight excluding hydrogens is 356 g/mol. The minimum atomic E-state index is -0.0406. The largest absolute Gasteiger partial charge is 0.496 e. The van der Waals surface area contributed by atoms with Crippen LogP contribution in [0, 0.1) is 13.8 Å². The van der Waals surface area contributed by atoms with Gasteiger partial charge in [-0.1, -0.05) is 18.2 Å². The van der Waals surface area contributed by atoms with Crippen LogP contribution in [-0.4, -0.2) is 18.6 Å². The molecule has 4 rings (SSSR count). The average Bonchev–Trinajstić information content (AvgIpc) is 3.15. The highest BCUT2D eigenvalue weighted by molar-refractivity contribution is 7.17. The Morgan fingerprint density at radius 1 is 1.15 bits per heavy atom. The highest BCUT2D eigenvalue weighted by Crippen LogP contribution is 2.42. The van der Waals surface area contributed by atoms with Crippen molar-refractivity contribution in [3.05, 3.63) is 62.8 Å². The lowest BCUT2D eigenvalue weighted by molar-refractivity contribution is 0.416. The molecule has 0 atom stereocenters. The fraction of sp³-hybridized carbons (Fsp3) is 0.227. The molecule has 2 aromatic carbocycles. The van der Waals surface area contributed by atoms with Gasteiger partial charge >= 0.3 is 0 Å². The Hall–Kier alpha value is -2.63. The van der Waals surface area contributed by atoms with Gasteiger partial charge in [0.15, 0.2) is 0 Å². The summed E-state index contributed by atoms with van der Waals surface area (Å²) in [7, 11) is 1.69. The zero-order chi connectivity index (χ0) is 19.1. The van der Waals surface area contributed by atoms with Crippen LogP contribution in [0.2, 0.25) is 0 Å². The summed E-state index contributed by atoms with van der Waals surface area (Å²) in [5, 5.41) is 3.97. The Bertz CT molecular complexity index is 1220. The quantitative estimate of drug-likeness (QED) is 0.548. The minimum absolute atomic E-state index is 0.0406. The van der Waals surface area contributed by atoms with Gasteiger partial charge in [-0.15, -0.1) is 11.3 Å². The molecule has 0 saturated heterocycles. The van der Waals surface area contributed by atoms with Crippen molar-refractivity contribution in [1.29, 1.82) is 0 Å². The summed E-state index contributed by atoms with van der Waals surface area (Å²) < 4.78 is 6.50. The fourth-order valence-electron chi connectivity index (χ4n) is 3.80. The van der Waals surface area contributed by atoms with Gasteiger partial charge in [0.05, 0.1) is 12.6 Å². The lowest BCUT2D eigenvalue weighted by atomic mass is 9.92. The van der Waals surface area contributed by atoms with Gasteiger partial charge < -0.3 is 15.5 Å². The number of hydrogen-bond donors (Lipinski definition) is 2. The molecule has 4 aromatic rings. The van der Waals surface area contributed by atoms with Gasteiger partial charge in [-0.05, 0) is 66.6 Å².